The molecule has 3 heteroatoms. The fourth-order valence-electron chi connectivity index (χ4n) is 1.78. The van der Waals surface area contributed by atoms with Crippen molar-refractivity contribution >= 4 is 12.4 Å². The van der Waals surface area contributed by atoms with E-state index in [1.54, 1.807) is 0 Å². The van der Waals surface area contributed by atoms with Crippen molar-refractivity contribution < 1.29 is 4.74 Å². The highest BCUT2D eigenvalue weighted by atomic mass is 35.5. The SMILES string of the molecule is CC1(C)[C@@H](N)C[C@H]1Oc1ccccc1.Cl. The fourth-order valence-corrected chi connectivity index (χ4v) is 1.78. The molecule has 0 aromatic heterocycles. The Labute approximate surface area is 97.2 Å². The van der Waals surface area contributed by atoms with Crippen LogP contribution in [0.1, 0.15) is 20.3 Å². The molecule has 1 fully saturated rings. The van der Waals surface area contributed by atoms with E-state index in [-0.39, 0.29) is 30.0 Å². The van der Waals surface area contributed by atoms with Gasteiger partial charge in [0.25, 0.3) is 0 Å². The highest BCUT2D eigenvalue weighted by molar-refractivity contribution is 5.85. The van der Waals surface area contributed by atoms with Gasteiger partial charge in [0.05, 0.1) is 0 Å². The van der Waals surface area contributed by atoms with E-state index in [1.165, 1.54) is 0 Å². The lowest BCUT2D eigenvalue weighted by molar-refractivity contribution is -0.0399. The van der Waals surface area contributed by atoms with Crippen LogP contribution < -0.4 is 10.5 Å². The summed E-state index contributed by atoms with van der Waals surface area (Å²) in [6, 6.07) is 10.2. The van der Waals surface area contributed by atoms with Crippen molar-refractivity contribution in [2.24, 2.45) is 11.1 Å². The van der Waals surface area contributed by atoms with Crippen LogP contribution in [0.5, 0.6) is 5.75 Å². The third kappa shape index (κ3) is 2.27. The van der Waals surface area contributed by atoms with Crippen LogP contribution in [0, 0.1) is 5.41 Å². The smallest absolute Gasteiger partial charge is 0.119 e. The van der Waals surface area contributed by atoms with Crippen LogP contribution in [-0.2, 0) is 0 Å². The van der Waals surface area contributed by atoms with Crippen molar-refractivity contribution in [3.8, 4) is 5.75 Å². The number of rotatable bonds is 2. The standard InChI is InChI=1S/C12H17NO.ClH/c1-12(2)10(13)8-11(12)14-9-6-4-3-5-7-9;/h3-7,10-11H,8,13H2,1-2H3;1H/t10-,11+;/m0./s1. The van der Waals surface area contributed by atoms with E-state index >= 15 is 0 Å². The molecule has 1 aromatic rings. The minimum Gasteiger partial charge on any atom is -0.490 e. The van der Waals surface area contributed by atoms with Crippen LogP contribution in [0.25, 0.3) is 0 Å². The lowest BCUT2D eigenvalue weighted by Gasteiger charge is -2.49. The van der Waals surface area contributed by atoms with Crippen molar-refractivity contribution in [3.63, 3.8) is 0 Å². The molecule has 1 saturated carbocycles. The van der Waals surface area contributed by atoms with Crippen molar-refractivity contribution in [1.82, 2.24) is 0 Å². The number of halogens is 1. The number of nitrogens with two attached hydrogens (primary N) is 1. The number of ether oxygens (including phenoxy) is 1. The number of benzene rings is 1. The van der Waals surface area contributed by atoms with E-state index in [4.69, 9.17) is 10.5 Å². The monoisotopic (exact) mass is 227 g/mol. The van der Waals surface area contributed by atoms with Gasteiger partial charge in [0.1, 0.15) is 11.9 Å². The van der Waals surface area contributed by atoms with E-state index in [1.807, 2.05) is 30.3 Å². The van der Waals surface area contributed by atoms with Gasteiger partial charge in [0, 0.05) is 17.9 Å². The molecule has 2 atom stereocenters. The number of hydrogen-bond acceptors (Lipinski definition) is 2. The number of hydrogen-bond donors (Lipinski definition) is 1. The molecule has 0 bridgehead atoms. The predicted molar refractivity (Wildman–Crippen MR) is 64.5 cm³/mol. The van der Waals surface area contributed by atoms with Gasteiger partial charge in [-0.15, -0.1) is 12.4 Å². The summed E-state index contributed by atoms with van der Waals surface area (Å²) in [5.41, 5.74) is 6.03. The van der Waals surface area contributed by atoms with Crippen LogP contribution in [0.15, 0.2) is 30.3 Å². The Hall–Kier alpha value is -0.730. The van der Waals surface area contributed by atoms with Crippen LogP contribution in [0.2, 0.25) is 0 Å². The van der Waals surface area contributed by atoms with Gasteiger partial charge in [-0.25, -0.2) is 0 Å². The van der Waals surface area contributed by atoms with E-state index in [0.717, 1.165) is 12.2 Å². The minimum absolute atomic E-state index is 0. The van der Waals surface area contributed by atoms with Gasteiger partial charge < -0.3 is 10.5 Å². The highest BCUT2D eigenvalue weighted by Gasteiger charge is 2.47. The zero-order chi connectivity index (χ0) is 10.2. The first-order chi connectivity index (χ1) is 6.60. The molecule has 0 radical (unpaired) electrons. The van der Waals surface area contributed by atoms with Crippen LogP contribution in [-0.4, -0.2) is 12.1 Å². The second-order valence-electron chi connectivity index (χ2n) is 4.58. The van der Waals surface area contributed by atoms with Gasteiger partial charge in [-0.2, -0.15) is 0 Å². The summed E-state index contributed by atoms with van der Waals surface area (Å²) >= 11 is 0. The molecule has 0 heterocycles. The van der Waals surface area contributed by atoms with E-state index in [9.17, 15) is 0 Å². The molecule has 1 aliphatic carbocycles. The van der Waals surface area contributed by atoms with Gasteiger partial charge in [0.15, 0.2) is 0 Å². The van der Waals surface area contributed by atoms with Gasteiger partial charge in [-0.05, 0) is 12.1 Å². The quantitative estimate of drug-likeness (QED) is 0.843. The average Bonchev–Trinajstić information content (AvgIpc) is 2.19. The van der Waals surface area contributed by atoms with Gasteiger partial charge in [0.2, 0.25) is 0 Å². The maximum Gasteiger partial charge on any atom is 0.119 e. The van der Waals surface area contributed by atoms with Gasteiger partial charge in [-0.1, -0.05) is 32.0 Å². The Kier molecular flexibility index (Phi) is 3.63. The predicted octanol–water partition coefficient (Wildman–Crippen LogP) is 2.61. The molecule has 2 N–H and O–H groups in total. The van der Waals surface area contributed by atoms with E-state index < -0.39 is 0 Å². The molecule has 0 aliphatic heterocycles. The van der Waals surface area contributed by atoms with E-state index in [2.05, 4.69) is 13.8 Å². The molecular weight excluding hydrogens is 210 g/mol. The molecule has 15 heavy (non-hydrogen) atoms. The van der Waals surface area contributed by atoms with Crippen LogP contribution >= 0.6 is 12.4 Å². The first-order valence-corrected chi connectivity index (χ1v) is 5.08. The lowest BCUT2D eigenvalue weighted by Crippen LogP contribution is -2.60. The molecule has 0 saturated heterocycles. The normalized spacial score (nSPS) is 27.4. The van der Waals surface area contributed by atoms with Crippen molar-refractivity contribution in [2.45, 2.75) is 32.4 Å². The Morgan fingerprint density at radius 3 is 2.33 bits per heavy atom. The Morgan fingerprint density at radius 1 is 1.27 bits per heavy atom. The molecule has 2 rings (SSSR count). The summed E-state index contributed by atoms with van der Waals surface area (Å²) in [6.45, 7) is 4.32. The Morgan fingerprint density at radius 2 is 1.87 bits per heavy atom. The zero-order valence-corrected chi connectivity index (χ0v) is 9.96. The third-order valence-corrected chi connectivity index (χ3v) is 3.28. The topological polar surface area (TPSA) is 35.2 Å². The molecule has 84 valence electrons. The summed E-state index contributed by atoms with van der Waals surface area (Å²) in [5, 5.41) is 0. The minimum atomic E-state index is 0. The molecule has 2 nitrogen and oxygen atoms in total. The van der Waals surface area contributed by atoms with Gasteiger partial charge in [-0.3, -0.25) is 0 Å². The summed E-state index contributed by atoms with van der Waals surface area (Å²) in [5.74, 6) is 0.942. The maximum atomic E-state index is 5.92. The first-order valence-electron chi connectivity index (χ1n) is 5.08. The highest BCUT2D eigenvalue weighted by Crippen LogP contribution is 2.41. The molecule has 1 aliphatic rings. The largest absolute Gasteiger partial charge is 0.490 e. The zero-order valence-electron chi connectivity index (χ0n) is 9.14. The van der Waals surface area contributed by atoms with Crippen molar-refractivity contribution in [3.05, 3.63) is 30.3 Å². The summed E-state index contributed by atoms with van der Waals surface area (Å²) in [7, 11) is 0. The summed E-state index contributed by atoms with van der Waals surface area (Å²) in [6.07, 6.45) is 1.22. The molecular formula is C12H18ClNO. The lowest BCUT2D eigenvalue weighted by atomic mass is 9.65. The Balaban J connectivity index is 0.00000112. The second kappa shape index (κ2) is 4.42. The average molecular weight is 228 g/mol. The molecule has 1 aromatic carbocycles. The number of para-hydroxylation sites is 1. The first kappa shape index (κ1) is 12.3. The van der Waals surface area contributed by atoms with Crippen LogP contribution in [0.3, 0.4) is 0 Å². The third-order valence-electron chi connectivity index (χ3n) is 3.28. The van der Waals surface area contributed by atoms with Crippen molar-refractivity contribution in [1.29, 1.82) is 0 Å². The summed E-state index contributed by atoms with van der Waals surface area (Å²) in [4.78, 5) is 0. The second-order valence-corrected chi connectivity index (χ2v) is 4.58. The Bertz CT molecular complexity index is 313. The fraction of sp³-hybridized carbons (Fsp3) is 0.500. The van der Waals surface area contributed by atoms with Crippen LogP contribution in [0.4, 0.5) is 0 Å². The summed E-state index contributed by atoms with van der Waals surface area (Å²) < 4.78 is 5.86. The molecule has 0 amide bonds. The molecule has 0 unspecified atom stereocenters. The maximum absolute atomic E-state index is 5.92. The van der Waals surface area contributed by atoms with E-state index in [0.29, 0.717) is 0 Å². The van der Waals surface area contributed by atoms with Gasteiger partial charge >= 0.3 is 0 Å². The van der Waals surface area contributed by atoms with Crippen molar-refractivity contribution in [2.75, 3.05) is 0 Å². The molecule has 0 spiro atoms.